The molecule has 1 aromatic carbocycles. The van der Waals surface area contributed by atoms with Crippen LogP contribution in [-0.4, -0.2) is 54.8 Å². The minimum atomic E-state index is -1.59. The van der Waals surface area contributed by atoms with Crippen molar-refractivity contribution in [1.29, 1.82) is 0 Å². The summed E-state index contributed by atoms with van der Waals surface area (Å²) in [6, 6.07) is 9.16. The van der Waals surface area contributed by atoms with Gasteiger partial charge in [0.15, 0.2) is 5.60 Å². The molecule has 6 nitrogen and oxygen atoms in total. The van der Waals surface area contributed by atoms with Crippen molar-refractivity contribution in [3.8, 4) is 0 Å². The van der Waals surface area contributed by atoms with Gasteiger partial charge in [0, 0.05) is 25.6 Å². The molecule has 7 heteroatoms. The molecule has 2 fully saturated rings. The van der Waals surface area contributed by atoms with Crippen molar-refractivity contribution in [3.05, 3.63) is 35.9 Å². The van der Waals surface area contributed by atoms with E-state index in [4.69, 9.17) is 4.74 Å². The van der Waals surface area contributed by atoms with Crippen LogP contribution >= 0.6 is 17.0 Å². The molecule has 0 aromatic heterocycles. The minimum absolute atomic E-state index is 0. The zero-order valence-corrected chi connectivity index (χ0v) is 18.1. The number of likely N-dealkylation sites (tertiary alicyclic amines) is 1. The number of carbonyl (C=O) groups excluding carboxylic acids is 2. The molecule has 0 radical (unpaired) electrons. The molecule has 0 spiro atoms. The van der Waals surface area contributed by atoms with Gasteiger partial charge in [0.25, 0.3) is 0 Å². The first-order chi connectivity index (χ1) is 13.0. The molecule has 1 N–H and O–H groups in total. The van der Waals surface area contributed by atoms with Gasteiger partial charge in [-0.05, 0) is 24.8 Å². The lowest BCUT2D eigenvalue weighted by Gasteiger charge is -2.33. The summed E-state index contributed by atoms with van der Waals surface area (Å²) in [4.78, 5) is 26.4. The molecule has 1 aliphatic carbocycles. The van der Waals surface area contributed by atoms with Crippen LogP contribution < -0.4 is 0 Å². The maximum atomic E-state index is 13.1. The molecular weight excluding hydrogens is 426 g/mol. The molecule has 0 bridgehead atoms. The second-order valence-corrected chi connectivity index (χ2v) is 7.56. The summed E-state index contributed by atoms with van der Waals surface area (Å²) in [6.07, 6.45) is 4.49. The van der Waals surface area contributed by atoms with E-state index in [2.05, 4.69) is 9.64 Å². The predicted octanol–water partition coefficient (Wildman–Crippen LogP) is 2.82. The summed E-state index contributed by atoms with van der Waals surface area (Å²) in [6.45, 7) is 1.94. The Morgan fingerprint density at radius 3 is 2.50 bits per heavy atom. The number of halogens is 1. The van der Waals surface area contributed by atoms with Crippen molar-refractivity contribution < 1.29 is 24.2 Å². The van der Waals surface area contributed by atoms with Gasteiger partial charge in [-0.25, -0.2) is 4.79 Å². The third-order valence-corrected chi connectivity index (χ3v) is 5.83. The standard InChI is InChI=1S/C21H29NO5.BrH/c1-26-19(23)12-14-22-13-11-18(15-22)27-20(24)21(25,17-9-5-6-10-17)16-7-3-2-4-8-16;/h2-4,7-8,17-18,25H,5-6,9-15H2,1H3;1H/t18-,21?;/m0./s1. The van der Waals surface area contributed by atoms with Crippen molar-refractivity contribution >= 4 is 28.9 Å². The van der Waals surface area contributed by atoms with Crippen molar-refractivity contribution in [1.82, 2.24) is 4.90 Å². The molecule has 1 aliphatic heterocycles. The van der Waals surface area contributed by atoms with Gasteiger partial charge in [0.1, 0.15) is 6.10 Å². The maximum absolute atomic E-state index is 13.1. The van der Waals surface area contributed by atoms with Gasteiger partial charge >= 0.3 is 11.9 Å². The number of hydrogen-bond donors (Lipinski definition) is 1. The number of ether oxygens (including phenoxy) is 2. The average Bonchev–Trinajstić information content (AvgIpc) is 3.38. The topological polar surface area (TPSA) is 76.1 Å². The normalized spacial score (nSPS) is 22.3. The van der Waals surface area contributed by atoms with Crippen molar-refractivity contribution in [2.45, 2.75) is 50.2 Å². The van der Waals surface area contributed by atoms with Gasteiger partial charge < -0.3 is 14.6 Å². The summed E-state index contributed by atoms with van der Waals surface area (Å²) < 4.78 is 10.4. The van der Waals surface area contributed by atoms with Gasteiger partial charge in [0.05, 0.1) is 13.5 Å². The second-order valence-electron chi connectivity index (χ2n) is 7.56. The van der Waals surface area contributed by atoms with Gasteiger partial charge in [-0.1, -0.05) is 43.2 Å². The monoisotopic (exact) mass is 455 g/mol. The third kappa shape index (κ3) is 5.13. The summed E-state index contributed by atoms with van der Waals surface area (Å²) in [5, 5.41) is 11.4. The van der Waals surface area contributed by atoms with Crippen molar-refractivity contribution in [2.24, 2.45) is 5.92 Å². The van der Waals surface area contributed by atoms with Crippen LogP contribution in [0.15, 0.2) is 30.3 Å². The Morgan fingerprint density at radius 2 is 1.86 bits per heavy atom. The molecule has 2 aliphatic rings. The Hall–Kier alpha value is -1.44. The summed E-state index contributed by atoms with van der Waals surface area (Å²) in [7, 11) is 1.38. The number of hydrogen-bond acceptors (Lipinski definition) is 6. The van der Waals surface area contributed by atoms with E-state index >= 15 is 0 Å². The van der Waals surface area contributed by atoms with E-state index in [1.54, 1.807) is 12.1 Å². The molecule has 3 rings (SSSR count). The summed E-state index contributed by atoms with van der Waals surface area (Å²) in [5.41, 5.74) is -0.973. The van der Waals surface area contributed by atoms with Gasteiger partial charge in [0.2, 0.25) is 0 Å². The maximum Gasteiger partial charge on any atom is 0.343 e. The number of esters is 2. The fourth-order valence-corrected chi connectivity index (χ4v) is 4.25. The number of rotatable bonds is 7. The molecule has 1 aromatic rings. The van der Waals surface area contributed by atoms with E-state index < -0.39 is 11.6 Å². The third-order valence-electron chi connectivity index (χ3n) is 5.83. The molecule has 1 saturated carbocycles. The van der Waals surface area contributed by atoms with E-state index in [-0.39, 0.29) is 35.0 Å². The minimum Gasteiger partial charge on any atom is -0.469 e. The Bertz CT molecular complexity index is 649. The molecule has 1 heterocycles. The quantitative estimate of drug-likeness (QED) is 0.636. The smallest absolute Gasteiger partial charge is 0.343 e. The second kappa shape index (κ2) is 10.4. The molecule has 28 heavy (non-hydrogen) atoms. The van der Waals surface area contributed by atoms with Crippen molar-refractivity contribution in [2.75, 3.05) is 26.7 Å². The Balaban J connectivity index is 0.00000280. The Kier molecular flexibility index (Phi) is 8.46. The van der Waals surface area contributed by atoms with Crippen molar-refractivity contribution in [3.63, 3.8) is 0 Å². The average molecular weight is 456 g/mol. The molecule has 1 saturated heterocycles. The van der Waals surface area contributed by atoms with Crippen LogP contribution in [0.2, 0.25) is 0 Å². The number of methoxy groups -OCH3 is 1. The highest BCUT2D eigenvalue weighted by Gasteiger charge is 2.48. The van der Waals surface area contributed by atoms with Gasteiger partial charge in [-0.3, -0.25) is 9.69 Å². The first kappa shape index (κ1) is 22.8. The van der Waals surface area contributed by atoms with Gasteiger partial charge in [-0.2, -0.15) is 0 Å². The van der Waals surface area contributed by atoms with E-state index in [9.17, 15) is 14.7 Å². The summed E-state index contributed by atoms with van der Waals surface area (Å²) >= 11 is 0. The molecular formula is C21H30BrNO5. The lowest BCUT2D eigenvalue weighted by molar-refractivity contribution is -0.178. The lowest BCUT2D eigenvalue weighted by atomic mass is 9.80. The van der Waals surface area contributed by atoms with E-state index in [0.717, 1.165) is 32.2 Å². The number of benzene rings is 1. The van der Waals surface area contributed by atoms with E-state index in [1.807, 2.05) is 18.2 Å². The van der Waals surface area contributed by atoms with E-state index in [0.29, 0.717) is 31.5 Å². The van der Waals surface area contributed by atoms with Crippen LogP contribution in [0.5, 0.6) is 0 Å². The summed E-state index contributed by atoms with van der Waals surface area (Å²) in [5.74, 6) is -0.889. The highest BCUT2D eigenvalue weighted by molar-refractivity contribution is 8.93. The number of carbonyl (C=O) groups is 2. The highest BCUT2D eigenvalue weighted by atomic mass is 79.9. The molecule has 156 valence electrons. The molecule has 1 unspecified atom stereocenters. The van der Waals surface area contributed by atoms with Crippen LogP contribution in [0.3, 0.4) is 0 Å². The predicted molar refractivity (Wildman–Crippen MR) is 110 cm³/mol. The number of aliphatic hydroxyl groups is 1. The van der Waals surface area contributed by atoms with Crippen LogP contribution in [0.1, 0.15) is 44.1 Å². The van der Waals surface area contributed by atoms with Crippen LogP contribution in [0.25, 0.3) is 0 Å². The SMILES string of the molecule is Br.COC(=O)CCN1CC[C@H](OC(=O)C(O)(c2ccccc2)C2CCCC2)C1. The molecule has 2 atom stereocenters. The first-order valence-electron chi connectivity index (χ1n) is 9.82. The lowest BCUT2D eigenvalue weighted by Crippen LogP contribution is -2.45. The van der Waals surface area contributed by atoms with Crippen LogP contribution in [0.4, 0.5) is 0 Å². The fraction of sp³-hybridized carbons (Fsp3) is 0.619. The van der Waals surface area contributed by atoms with Gasteiger partial charge in [-0.15, -0.1) is 17.0 Å². The first-order valence-corrected chi connectivity index (χ1v) is 9.82. The van der Waals surface area contributed by atoms with Crippen LogP contribution in [0, 0.1) is 5.92 Å². The fourth-order valence-electron chi connectivity index (χ4n) is 4.25. The largest absolute Gasteiger partial charge is 0.469 e. The van der Waals surface area contributed by atoms with Crippen LogP contribution in [-0.2, 0) is 24.7 Å². The zero-order valence-electron chi connectivity index (χ0n) is 16.3. The Morgan fingerprint density at radius 1 is 1.18 bits per heavy atom. The molecule has 0 amide bonds. The highest BCUT2D eigenvalue weighted by Crippen LogP contribution is 2.41. The van der Waals surface area contributed by atoms with E-state index in [1.165, 1.54) is 7.11 Å². The Labute approximate surface area is 177 Å². The number of nitrogens with zero attached hydrogens (tertiary/aromatic N) is 1. The zero-order chi connectivity index (χ0) is 19.3.